The molecule has 1 aliphatic rings. The lowest BCUT2D eigenvalue weighted by Crippen LogP contribution is -2.15. The molecule has 0 saturated heterocycles. The van der Waals surface area contributed by atoms with Crippen molar-refractivity contribution in [3.8, 4) is 17.1 Å². The fraction of sp³-hybridized carbons (Fsp3) is 0.273. The van der Waals surface area contributed by atoms with Crippen molar-refractivity contribution >= 4 is 34.2 Å². The second-order valence-corrected chi connectivity index (χ2v) is 8.19. The van der Waals surface area contributed by atoms with Gasteiger partial charge in [-0.3, -0.25) is 4.57 Å². The normalized spacial score (nSPS) is 15.4. The second-order valence-electron chi connectivity index (χ2n) is 7.34. The van der Waals surface area contributed by atoms with E-state index in [-0.39, 0.29) is 0 Å². The molecule has 1 saturated carbocycles. The van der Waals surface area contributed by atoms with Gasteiger partial charge in [-0.05, 0) is 49.2 Å². The molecule has 0 aliphatic heterocycles. The van der Waals surface area contributed by atoms with Gasteiger partial charge in [0.1, 0.15) is 17.2 Å². The van der Waals surface area contributed by atoms with Gasteiger partial charge in [-0.15, -0.1) is 0 Å². The maximum atomic E-state index is 6.55. The quantitative estimate of drug-likeness (QED) is 0.376. The maximum Gasteiger partial charge on any atom is 0.146 e. The van der Waals surface area contributed by atoms with Crippen LogP contribution in [0.25, 0.3) is 28.1 Å². The van der Waals surface area contributed by atoms with Crippen LogP contribution in [0.2, 0.25) is 10.0 Å². The van der Waals surface area contributed by atoms with E-state index in [0.29, 0.717) is 16.1 Å². The SMILES string of the molecule is Clc1ccc(-c2ncn(C3CCCCC3)c2-n2ccc3cccnc32)c(Cl)c1. The van der Waals surface area contributed by atoms with E-state index in [1.807, 2.05) is 30.7 Å². The summed E-state index contributed by atoms with van der Waals surface area (Å²) in [7, 11) is 0. The Labute approximate surface area is 173 Å². The van der Waals surface area contributed by atoms with Gasteiger partial charge in [0.25, 0.3) is 0 Å². The van der Waals surface area contributed by atoms with E-state index < -0.39 is 0 Å². The Kier molecular flexibility index (Phi) is 4.61. The van der Waals surface area contributed by atoms with Gasteiger partial charge >= 0.3 is 0 Å². The van der Waals surface area contributed by atoms with Gasteiger partial charge in [0.05, 0.1) is 11.3 Å². The molecule has 1 aromatic carbocycles. The van der Waals surface area contributed by atoms with Gasteiger partial charge in [0.2, 0.25) is 0 Å². The van der Waals surface area contributed by atoms with E-state index in [1.54, 1.807) is 6.07 Å². The molecule has 3 heterocycles. The Morgan fingerprint density at radius 1 is 0.964 bits per heavy atom. The zero-order valence-corrected chi connectivity index (χ0v) is 16.9. The largest absolute Gasteiger partial charge is 0.313 e. The number of pyridine rings is 1. The summed E-state index contributed by atoms with van der Waals surface area (Å²) < 4.78 is 4.45. The molecule has 0 bridgehead atoms. The van der Waals surface area contributed by atoms with Crippen molar-refractivity contribution in [1.82, 2.24) is 19.1 Å². The summed E-state index contributed by atoms with van der Waals surface area (Å²) in [5, 5.41) is 2.33. The molecule has 3 aromatic heterocycles. The summed E-state index contributed by atoms with van der Waals surface area (Å²) in [6.07, 6.45) is 12.0. The van der Waals surface area contributed by atoms with Crippen LogP contribution in [-0.2, 0) is 0 Å². The molecule has 1 fully saturated rings. The molecule has 0 unspecified atom stereocenters. The molecular weight excluding hydrogens is 391 g/mol. The van der Waals surface area contributed by atoms with Gasteiger partial charge in [-0.25, -0.2) is 9.97 Å². The zero-order valence-electron chi connectivity index (χ0n) is 15.4. The fourth-order valence-electron chi connectivity index (χ4n) is 4.23. The summed E-state index contributed by atoms with van der Waals surface area (Å²) in [6, 6.07) is 12.1. The molecule has 5 rings (SSSR count). The molecule has 0 N–H and O–H groups in total. The van der Waals surface area contributed by atoms with Crippen molar-refractivity contribution in [2.45, 2.75) is 38.1 Å². The van der Waals surface area contributed by atoms with Gasteiger partial charge < -0.3 is 4.57 Å². The highest BCUT2D eigenvalue weighted by molar-refractivity contribution is 6.36. The molecule has 142 valence electrons. The standard InChI is InChI=1S/C22H20Cl2N4/c23-16-8-9-18(19(24)13-16)20-22(27-12-10-15-5-4-11-25-21(15)27)28(14-26-20)17-6-2-1-3-7-17/h4-5,8-14,17H,1-3,6-7H2. The van der Waals surface area contributed by atoms with Crippen LogP contribution in [0, 0.1) is 0 Å². The van der Waals surface area contributed by atoms with Crippen LogP contribution in [0.5, 0.6) is 0 Å². The van der Waals surface area contributed by atoms with Crippen molar-refractivity contribution in [3.05, 3.63) is 65.2 Å². The third-order valence-corrected chi connectivity index (χ3v) is 6.15. The van der Waals surface area contributed by atoms with E-state index in [4.69, 9.17) is 28.2 Å². The first-order valence-electron chi connectivity index (χ1n) is 9.67. The first-order valence-corrected chi connectivity index (χ1v) is 10.4. The van der Waals surface area contributed by atoms with Crippen LogP contribution in [0.4, 0.5) is 0 Å². The van der Waals surface area contributed by atoms with Gasteiger partial charge in [0, 0.05) is 34.4 Å². The van der Waals surface area contributed by atoms with Crippen molar-refractivity contribution < 1.29 is 0 Å². The van der Waals surface area contributed by atoms with E-state index in [1.165, 1.54) is 32.1 Å². The van der Waals surface area contributed by atoms with Crippen molar-refractivity contribution in [2.24, 2.45) is 0 Å². The number of hydrogen-bond donors (Lipinski definition) is 0. The minimum absolute atomic E-state index is 0.442. The van der Waals surface area contributed by atoms with Crippen LogP contribution in [0.1, 0.15) is 38.1 Å². The lowest BCUT2D eigenvalue weighted by Gasteiger charge is -2.25. The van der Waals surface area contributed by atoms with E-state index in [2.05, 4.69) is 32.4 Å². The van der Waals surface area contributed by atoms with Crippen LogP contribution >= 0.6 is 23.2 Å². The molecule has 4 aromatic rings. The summed E-state index contributed by atoms with van der Waals surface area (Å²) >= 11 is 12.7. The molecule has 4 nitrogen and oxygen atoms in total. The smallest absolute Gasteiger partial charge is 0.146 e. The molecule has 0 amide bonds. The highest BCUT2D eigenvalue weighted by Gasteiger charge is 2.24. The molecule has 0 radical (unpaired) electrons. The highest BCUT2D eigenvalue weighted by atomic mass is 35.5. The summed E-state index contributed by atoms with van der Waals surface area (Å²) in [5.41, 5.74) is 2.66. The van der Waals surface area contributed by atoms with Gasteiger partial charge in [-0.2, -0.15) is 0 Å². The van der Waals surface area contributed by atoms with Crippen molar-refractivity contribution in [3.63, 3.8) is 0 Å². The zero-order chi connectivity index (χ0) is 19.1. The third kappa shape index (κ3) is 3.01. The Hall–Kier alpha value is -2.30. The summed E-state index contributed by atoms with van der Waals surface area (Å²) in [4.78, 5) is 9.42. The Bertz CT molecular complexity index is 1140. The average Bonchev–Trinajstić information content (AvgIpc) is 3.32. The number of benzene rings is 1. The number of fused-ring (bicyclic) bond motifs is 1. The van der Waals surface area contributed by atoms with Crippen LogP contribution in [0.15, 0.2) is 55.1 Å². The Balaban J connectivity index is 1.75. The number of nitrogens with zero attached hydrogens (tertiary/aromatic N) is 4. The monoisotopic (exact) mass is 410 g/mol. The average molecular weight is 411 g/mol. The third-order valence-electron chi connectivity index (χ3n) is 5.60. The number of aromatic nitrogens is 4. The number of rotatable bonds is 3. The summed E-state index contributed by atoms with van der Waals surface area (Å²) in [6.45, 7) is 0. The predicted octanol–water partition coefficient (Wildman–Crippen LogP) is 6.70. The maximum absolute atomic E-state index is 6.55. The van der Waals surface area contributed by atoms with Gasteiger partial charge in [-0.1, -0.05) is 42.5 Å². The van der Waals surface area contributed by atoms with E-state index >= 15 is 0 Å². The van der Waals surface area contributed by atoms with Gasteiger partial charge in [0.15, 0.2) is 0 Å². The van der Waals surface area contributed by atoms with E-state index in [0.717, 1.165) is 28.1 Å². The molecule has 0 atom stereocenters. The lowest BCUT2D eigenvalue weighted by molar-refractivity contribution is 0.351. The predicted molar refractivity (Wildman–Crippen MR) is 114 cm³/mol. The van der Waals surface area contributed by atoms with Crippen LogP contribution in [0.3, 0.4) is 0 Å². The molecule has 0 spiro atoms. The molecule has 28 heavy (non-hydrogen) atoms. The van der Waals surface area contributed by atoms with E-state index in [9.17, 15) is 0 Å². The first kappa shape index (κ1) is 17.8. The highest BCUT2D eigenvalue weighted by Crippen LogP contribution is 2.38. The minimum Gasteiger partial charge on any atom is -0.313 e. The Morgan fingerprint density at radius 2 is 1.82 bits per heavy atom. The van der Waals surface area contributed by atoms with Crippen molar-refractivity contribution in [2.75, 3.05) is 0 Å². The number of imidazole rings is 1. The molecule has 6 heteroatoms. The summed E-state index contributed by atoms with van der Waals surface area (Å²) in [5.74, 6) is 1.02. The lowest BCUT2D eigenvalue weighted by atomic mass is 9.95. The Morgan fingerprint density at radius 3 is 2.64 bits per heavy atom. The number of halogens is 2. The topological polar surface area (TPSA) is 35.6 Å². The first-order chi connectivity index (χ1) is 13.7. The second kappa shape index (κ2) is 7.26. The minimum atomic E-state index is 0.442. The fourth-order valence-corrected chi connectivity index (χ4v) is 4.73. The van der Waals surface area contributed by atoms with Crippen molar-refractivity contribution in [1.29, 1.82) is 0 Å². The van der Waals surface area contributed by atoms with Crippen LogP contribution < -0.4 is 0 Å². The number of hydrogen-bond acceptors (Lipinski definition) is 2. The molecule has 1 aliphatic carbocycles. The van der Waals surface area contributed by atoms with Crippen LogP contribution in [-0.4, -0.2) is 19.1 Å². The molecular formula is C22H20Cl2N4.